The fourth-order valence-corrected chi connectivity index (χ4v) is 2.08. The molecule has 2 aromatic carbocycles. The van der Waals surface area contributed by atoms with Crippen LogP contribution >= 0.6 is 12.2 Å². The Kier molecular flexibility index (Phi) is 6.09. The molecule has 0 aliphatic rings. The van der Waals surface area contributed by atoms with Gasteiger partial charge in [-0.3, -0.25) is 0 Å². The molecule has 0 fully saturated rings. The second-order valence-electron chi connectivity index (χ2n) is 4.52. The molecule has 0 radical (unpaired) electrons. The lowest BCUT2D eigenvalue weighted by Gasteiger charge is -2.11. The first-order chi connectivity index (χ1) is 10.6. The van der Waals surface area contributed by atoms with E-state index in [9.17, 15) is 8.78 Å². The molecule has 116 valence electrons. The van der Waals surface area contributed by atoms with Gasteiger partial charge in [0.2, 0.25) is 0 Å². The number of hydrogen-bond acceptors (Lipinski definition) is 2. The zero-order chi connectivity index (χ0) is 15.8. The van der Waals surface area contributed by atoms with Gasteiger partial charge in [-0.25, -0.2) is 0 Å². The van der Waals surface area contributed by atoms with Crippen molar-refractivity contribution in [3.05, 3.63) is 60.2 Å². The molecule has 0 aliphatic carbocycles. The zero-order valence-electron chi connectivity index (χ0n) is 11.8. The average Bonchev–Trinajstić information content (AvgIpc) is 2.50. The molecule has 2 aromatic rings. The van der Waals surface area contributed by atoms with Gasteiger partial charge in [0, 0.05) is 12.2 Å². The lowest BCUT2D eigenvalue weighted by molar-refractivity contribution is -0.0498. The summed E-state index contributed by atoms with van der Waals surface area (Å²) in [4.78, 5) is 0. The number of anilines is 1. The van der Waals surface area contributed by atoms with E-state index in [1.807, 2.05) is 18.2 Å². The van der Waals surface area contributed by atoms with Crippen molar-refractivity contribution < 1.29 is 13.5 Å². The number of nitrogens with one attached hydrogen (secondary N) is 2. The number of rotatable bonds is 6. The first-order valence-electron chi connectivity index (χ1n) is 6.77. The van der Waals surface area contributed by atoms with E-state index in [1.54, 1.807) is 12.1 Å². The second kappa shape index (κ2) is 8.29. The van der Waals surface area contributed by atoms with Gasteiger partial charge in [-0.15, -0.1) is 0 Å². The van der Waals surface area contributed by atoms with Gasteiger partial charge in [0.05, 0.1) is 0 Å². The highest BCUT2D eigenvalue weighted by Crippen LogP contribution is 2.17. The van der Waals surface area contributed by atoms with Crippen LogP contribution in [0.25, 0.3) is 0 Å². The van der Waals surface area contributed by atoms with Crippen LogP contribution < -0.4 is 15.4 Å². The van der Waals surface area contributed by atoms with Crippen LogP contribution in [0, 0.1) is 0 Å². The van der Waals surface area contributed by atoms with E-state index >= 15 is 0 Å². The van der Waals surface area contributed by atoms with Gasteiger partial charge in [-0.2, -0.15) is 8.78 Å². The third kappa shape index (κ3) is 5.65. The van der Waals surface area contributed by atoms with Crippen LogP contribution in [0.5, 0.6) is 5.75 Å². The monoisotopic (exact) mass is 322 g/mol. The molecule has 22 heavy (non-hydrogen) atoms. The Hall–Kier alpha value is -2.21. The first-order valence-corrected chi connectivity index (χ1v) is 7.18. The van der Waals surface area contributed by atoms with Crippen molar-refractivity contribution in [1.82, 2.24) is 5.32 Å². The zero-order valence-corrected chi connectivity index (χ0v) is 12.6. The van der Waals surface area contributed by atoms with Crippen LogP contribution in [0.2, 0.25) is 0 Å². The summed E-state index contributed by atoms with van der Waals surface area (Å²) in [6.45, 7) is -2.11. The smallest absolute Gasteiger partial charge is 0.387 e. The molecule has 0 bridgehead atoms. The number of ether oxygens (including phenoxy) is 1. The van der Waals surface area contributed by atoms with E-state index < -0.39 is 6.61 Å². The summed E-state index contributed by atoms with van der Waals surface area (Å²) in [6, 6.07) is 16.3. The van der Waals surface area contributed by atoms with E-state index in [4.69, 9.17) is 12.2 Å². The topological polar surface area (TPSA) is 33.3 Å². The predicted molar refractivity (Wildman–Crippen MR) is 87.4 cm³/mol. The van der Waals surface area contributed by atoms with E-state index in [2.05, 4.69) is 27.5 Å². The largest absolute Gasteiger partial charge is 0.435 e. The van der Waals surface area contributed by atoms with E-state index in [0.717, 1.165) is 6.42 Å². The quantitative estimate of drug-likeness (QED) is 0.792. The summed E-state index contributed by atoms with van der Waals surface area (Å²) >= 11 is 5.18. The van der Waals surface area contributed by atoms with Gasteiger partial charge in [-0.1, -0.05) is 30.3 Å². The van der Waals surface area contributed by atoms with Crippen molar-refractivity contribution in [2.45, 2.75) is 13.0 Å². The molecule has 0 saturated carbocycles. The Morgan fingerprint density at radius 2 is 1.73 bits per heavy atom. The van der Waals surface area contributed by atoms with Gasteiger partial charge >= 0.3 is 6.61 Å². The Morgan fingerprint density at radius 3 is 2.36 bits per heavy atom. The predicted octanol–water partition coefficient (Wildman–Crippen LogP) is 3.82. The van der Waals surface area contributed by atoms with Crippen molar-refractivity contribution in [2.75, 3.05) is 11.9 Å². The van der Waals surface area contributed by atoms with Gasteiger partial charge in [0.15, 0.2) is 5.11 Å². The minimum Gasteiger partial charge on any atom is -0.435 e. The summed E-state index contributed by atoms with van der Waals surface area (Å²) in [6.07, 6.45) is 0.865. The molecule has 3 nitrogen and oxygen atoms in total. The van der Waals surface area contributed by atoms with E-state index in [0.29, 0.717) is 17.3 Å². The molecule has 0 spiro atoms. The highest BCUT2D eigenvalue weighted by molar-refractivity contribution is 7.80. The molecule has 0 atom stereocenters. The average molecular weight is 322 g/mol. The Balaban J connectivity index is 1.74. The molecular formula is C16H16F2N2OS. The van der Waals surface area contributed by atoms with Crippen LogP contribution in [0.1, 0.15) is 5.56 Å². The van der Waals surface area contributed by atoms with Crippen molar-refractivity contribution >= 4 is 23.0 Å². The fraction of sp³-hybridized carbons (Fsp3) is 0.188. The molecule has 0 aliphatic heterocycles. The molecule has 0 amide bonds. The third-order valence-corrected chi connectivity index (χ3v) is 3.13. The van der Waals surface area contributed by atoms with Crippen LogP contribution in [0.15, 0.2) is 54.6 Å². The molecule has 6 heteroatoms. The minimum atomic E-state index is -2.82. The van der Waals surface area contributed by atoms with Crippen molar-refractivity contribution in [1.29, 1.82) is 0 Å². The summed E-state index contributed by atoms with van der Waals surface area (Å²) < 4.78 is 28.4. The molecule has 0 unspecified atom stereocenters. The molecule has 0 heterocycles. The first kappa shape index (κ1) is 16.2. The summed E-state index contributed by atoms with van der Waals surface area (Å²) in [5.41, 5.74) is 1.94. The number of alkyl halides is 2. The van der Waals surface area contributed by atoms with Gasteiger partial charge < -0.3 is 15.4 Å². The standard InChI is InChI=1S/C16H16F2N2OS/c17-15(18)21-14-8-6-13(7-9-14)20-16(22)19-11-10-12-4-2-1-3-5-12/h1-9,15H,10-11H2,(H2,19,20,22). The number of hydrogen-bond donors (Lipinski definition) is 2. The molecule has 2 rings (SSSR count). The lowest BCUT2D eigenvalue weighted by Crippen LogP contribution is -2.30. The maximum atomic E-state index is 12.0. The SMILES string of the molecule is FC(F)Oc1ccc(NC(=S)NCCc2ccccc2)cc1. The molecule has 0 saturated heterocycles. The summed E-state index contributed by atoms with van der Waals surface area (Å²) in [7, 11) is 0. The van der Waals surface area contributed by atoms with E-state index in [1.165, 1.54) is 17.7 Å². The van der Waals surface area contributed by atoms with Gasteiger partial charge in [0.1, 0.15) is 5.75 Å². The molecule has 2 N–H and O–H groups in total. The minimum absolute atomic E-state index is 0.114. The van der Waals surface area contributed by atoms with Crippen molar-refractivity contribution in [3.8, 4) is 5.75 Å². The Labute approximate surface area is 133 Å². The van der Waals surface area contributed by atoms with Crippen LogP contribution in [0.4, 0.5) is 14.5 Å². The highest BCUT2D eigenvalue weighted by Gasteiger charge is 2.04. The van der Waals surface area contributed by atoms with Crippen molar-refractivity contribution in [3.63, 3.8) is 0 Å². The fourth-order valence-electron chi connectivity index (χ4n) is 1.86. The molecular weight excluding hydrogens is 306 g/mol. The maximum Gasteiger partial charge on any atom is 0.387 e. The van der Waals surface area contributed by atoms with Crippen LogP contribution in [-0.4, -0.2) is 18.3 Å². The highest BCUT2D eigenvalue weighted by atomic mass is 32.1. The van der Waals surface area contributed by atoms with Crippen LogP contribution in [0.3, 0.4) is 0 Å². The van der Waals surface area contributed by atoms with Gasteiger partial charge in [-0.05, 0) is 48.5 Å². The maximum absolute atomic E-state index is 12.0. The van der Waals surface area contributed by atoms with Crippen molar-refractivity contribution in [2.24, 2.45) is 0 Å². The molecule has 0 aromatic heterocycles. The third-order valence-electron chi connectivity index (χ3n) is 2.88. The Morgan fingerprint density at radius 1 is 1.05 bits per heavy atom. The van der Waals surface area contributed by atoms with Crippen LogP contribution in [-0.2, 0) is 6.42 Å². The second-order valence-corrected chi connectivity index (χ2v) is 4.93. The summed E-state index contributed by atoms with van der Waals surface area (Å²) in [5.74, 6) is 0.114. The van der Waals surface area contributed by atoms with Gasteiger partial charge in [0.25, 0.3) is 0 Å². The summed E-state index contributed by atoms with van der Waals surface area (Å²) in [5, 5.41) is 6.57. The Bertz CT molecular complexity index is 591. The number of thiocarbonyl (C=S) groups is 1. The van der Waals surface area contributed by atoms with E-state index in [-0.39, 0.29) is 5.75 Å². The lowest BCUT2D eigenvalue weighted by atomic mass is 10.1. The normalized spacial score (nSPS) is 10.3. The number of halogens is 2. The number of benzene rings is 2.